The third kappa shape index (κ3) is 4.56. The van der Waals surface area contributed by atoms with Gasteiger partial charge in [0.2, 0.25) is 10.0 Å². The van der Waals surface area contributed by atoms with Crippen LogP contribution in [0.2, 0.25) is 0 Å². The van der Waals surface area contributed by atoms with E-state index < -0.39 is 16.0 Å². The molecule has 1 aliphatic carbocycles. The summed E-state index contributed by atoms with van der Waals surface area (Å²) >= 11 is 0. The van der Waals surface area contributed by atoms with Gasteiger partial charge in [0.15, 0.2) is 6.61 Å². The number of hydrogen-bond donors (Lipinski definition) is 1. The van der Waals surface area contributed by atoms with E-state index in [4.69, 9.17) is 9.47 Å². The SMILES string of the molecule is O=C(COC(=O)c1cccc(S(=O)(=O)N2CCOCC2)c1)NC1CC1. The van der Waals surface area contributed by atoms with E-state index >= 15 is 0 Å². The molecule has 0 atom stereocenters. The number of nitrogens with zero attached hydrogens (tertiary/aromatic N) is 1. The van der Waals surface area contributed by atoms with Crippen LogP contribution < -0.4 is 5.32 Å². The van der Waals surface area contributed by atoms with Crippen LogP contribution in [0.15, 0.2) is 29.2 Å². The lowest BCUT2D eigenvalue weighted by atomic mass is 10.2. The third-order valence-corrected chi connectivity index (χ3v) is 5.85. The van der Waals surface area contributed by atoms with Gasteiger partial charge in [0, 0.05) is 19.1 Å². The molecule has 0 aromatic heterocycles. The zero-order chi connectivity index (χ0) is 17.9. The van der Waals surface area contributed by atoms with Crippen LogP contribution in [-0.2, 0) is 24.3 Å². The minimum Gasteiger partial charge on any atom is -0.452 e. The Bertz CT molecular complexity index is 754. The molecule has 1 heterocycles. The van der Waals surface area contributed by atoms with Crippen LogP contribution in [0.5, 0.6) is 0 Å². The van der Waals surface area contributed by atoms with Crippen LogP contribution in [0.3, 0.4) is 0 Å². The van der Waals surface area contributed by atoms with Crippen molar-refractivity contribution in [3.63, 3.8) is 0 Å². The van der Waals surface area contributed by atoms with Gasteiger partial charge in [0.05, 0.1) is 23.7 Å². The van der Waals surface area contributed by atoms with Crippen molar-refractivity contribution in [3.8, 4) is 0 Å². The first-order valence-electron chi connectivity index (χ1n) is 8.11. The number of carbonyl (C=O) groups is 2. The van der Waals surface area contributed by atoms with Gasteiger partial charge in [0.25, 0.3) is 5.91 Å². The Morgan fingerprint density at radius 2 is 1.96 bits per heavy atom. The summed E-state index contributed by atoms with van der Waals surface area (Å²) in [6.45, 7) is 0.862. The molecule has 0 unspecified atom stereocenters. The fraction of sp³-hybridized carbons (Fsp3) is 0.500. The largest absolute Gasteiger partial charge is 0.452 e. The van der Waals surface area contributed by atoms with E-state index in [9.17, 15) is 18.0 Å². The number of rotatable bonds is 6. The Morgan fingerprint density at radius 1 is 1.24 bits per heavy atom. The molecule has 1 aromatic carbocycles. The van der Waals surface area contributed by atoms with E-state index in [0.29, 0.717) is 13.2 Å². The second kappa shape index (κ2) is 7.51. The maximum absolute atomic E-state index is 12.6. The molecule has 9 heteroatoms. The summed E-state index contributed by atoms with van der Waals surface area (Å²) < 4.78 is 36.7. The van der Waals surface area contributed by atoms with Gasteiger partial charge in [-0.15, -0.1) is 0 Å². The molecule has 136 valence electrons. The molecule has 2 aliphatic rings. The predicted octanol–water partition coefficient (Wildman–Crippen LogP) is 0.143. The van der Waals surface area contributed by atoms with Crippen LogP contribution in [0.25, 0.3) is 0 Å². The molecule has 0 bridgehead atoms. The zero-order valence-corrected chi connectivity index (χ0v) is 14.5. The first kappa shape index (κ1) is 17.8. The van der Waals surface area contributed by atoms with Gasteiger partial charge in [-0.2, -0.15) is 4.31 Å². The minimum atomic E-state index is -3.69. The Hall–Kier alpha value is -1.97. The molecule has 8 nitrogen and oxygen atoms in total. The van der Waals surface area contributed by atoms with E-state index in [1.807, 2.05) is 0 Å². The lowest BCUT2D eigenvalue weighted by Crippen LogP contribution is -2.40. The van der Waals surface area contributed by atoms with Crippen molar-refractivity contribution < 1.29 is 27.5 Å². The predicted molar refractivity (Wildman–Crippen MR) is 87.5 cm³/mol. The van der Waals surface area contributed by atoms with Gasteiger partial charge >= 0.3 is 5.97 Å². The smallest absolute Gasteiger partial charge is 0.338 e. The van der Waals surface area contributed by atoms with Gasteiger partial charge in [-0.1, -0.05) is 6.07 Å². The lowest BCUT2D eigenvalue weighted by molar-refractivity contribution is -0.124. The molecule has 1 saturated carbocycles. The fourth-order valence-corrected chi connectivity index (χ4v) is 3.89. The van der Waals surface area contributed by atoms with Crippen molar-refractivity contribution in [3.05, 3.63) is 29.8 Å². The van der Waals surface area contributed by atoms with Gasteiger partial charge < -0.3 is 14.8 Å². The number of ether oxygens (including phenoxy) is 2. The first-order chi connectivity index (χ1) is 12.0. The molecule has 0 spiro atoms. The van der Waals surface area contributed by atoms with Gasteiger partial charge in [-0.25, -0.2) is 13.2 Å². The molecule has 0 radical (unpaired) electrons. The van der Waals surface area contributed by atoms with Crippen LogP contribution in [-0.4, -0.2) is 63.6 Å². The highest BCUT2D eigenvalue weighted by Crippen LogP contribution is 2.19. The van der Waals surface area contributed by atoms with Crippen molar-refractivity contribution in [1.82, 2.24) is 9.62 Å². The highest BCUT2D eigenvalue weighted by atomic mass is 32.2. The van der Waals surface area contributed by atoms with Crippen LogP contribution in [0.4, 0.5) is 0 Å². The maximum Gasteiger partial charge on any atom is 0.338 e. The van der Waals surface area contributed by atoms with E-state index in [-0.39, 0.29) is 42.1 Å². The number of sulfonamides is 1. The van der Waals surface area contributed by atoms with Crippen LogP contribution in [0, 0.1) is 0 Å². The molecule has 1 saturated heterocycles. The number of esters is 1. The normalized spacial score (nSPS) is 18.6. The molecule has 1 aliphatic heterocycles. The third-order valence-electron chi connectivity index (χ3n) is 3.95. The summed E-state index contributed by atoms with van der Waals surface area (Å²) in [5.41, 5.74) is 0.0913. The van der Waals surface area contributed by atoms with Gasteiger partial charge in [0.1, 0.15) is 0 Å². The van der Waals surface area contributed by atoms with Crippen molar-refractivity contribution >= 4 is 21.9 Å². The fourth-order valence-electron chi connectivity index (χ4n) is 2.43. The summed E-state index contributed by atoms with van der Waals surface area (Å²) in [7, 11) is -3.69. The summed E-state index contributed by atoms with van der Waals surface area (Å²) in [5, 5.41) is 2.71. The number of carbonyl (C=O) groups excluding carboxylic acids is 2. The quantitative estimate of drug-likeness (QED) is 0.717. The van der Waals surface area contributed by atoms with E-state index in [2.05, 4.69) is 5.32 Å². The summed E-state index contributed by atoms with van der Waals surface area (Å²) in [5.74, 6) is -1.09. The van der Waals surface area contributed by atoms with Gasteiger partial charge in [-0.05, 0) is 31.0 Å². The highest BCUT2D eigenvalue weighted by Gasteiger charge is 2.27. The average molecular weight is 368 g/mol. The summed E-state index contributed by atoms with van der Waals surface area (Å²) in [6, 6.07) is 5.83. The molecule has 1 aromatic rings. The molecule has 1 N–H and O–H groups in total. The number of hydrogen-bond acceptors (Lipinski definition) is 6. The Balaban J connectivity index is 1.65. The number of benzene rings is 1. The summed E-state index contributed by atoms with van der Waals surface area (Å²) in [6.07, 6.45) is 1.89. The van der Waals surface area contributed by atoms with E-state index in [1.165, 1.54) is 28.6 Å². The van der Waals surface area contributed by atoms with Crippen LogP contribution in [0.1, 0.15) is 23.2 Å². The molecule has 2 fully saturated rings. The Morgan fingerprint density at radius 3 is 2.64 bits per heavy atom. The molecule has 25 heavy (non-hydrogen) atoms. The highest BCUT2D eigenvalue weighted by molar-refractivity contribution is 7.89. The van der Waals surface area contributed by atoms with Crippen molar-refractivity contribution in [2.75, 3.05) is 32.9 Å². The van der Waals surface area contributed by atoms with E-state index in [1.54, 1.807) is 0 Å². The monoisotopic (exact) mass is 368 g/mol. The zero-order valence-electron chi connectivity index (χ0n) is 13.6. The number of amides is 1. The molecular weight excluding hydrogens is 348 g/mol. The first-order valence-corrected chi connectivity index (χ1v) is 9.55. The molecule has 3 rings (SSSR count). The summed E-state index contributed by atoms with van der Waals surface area (Å²) in [4.78, 5) is 23.7. The minimum absolute atomic E-state index is 0.0197. The molecular formula is C16H20N2O6S. The lowest BCUT2D eigenvalue weighted by Gasteiger charge is -2.26. The number of nitrogens with one attached hydrogen (secondary N) is 1. The topological polar surface area (TPSA) is 102 Å². The van der Waals surface area contributed by atoms with E-state index in [0.717, 1.165) is 12.8 Å². The van der Waals surface area contributed by atoms with Crippen molar-refractivity contribution in [2.45, 2.75) is 23.8 Å². The maximum atomic E-state index is 12.6. The Labute approximate surface area is 146 Å². The van der Waals surface area contributed by atoms with Crippen LogP contribution >= 0.6 is 0 Å². The second-order valence-corrected chi connectivity index (χ2v) is 7.90. The van der Waals surface area contributed by atoms with Crippen molar-refractivity contribution in [1.29, 1.82) is 0 Å². The molecule has 1 amide bonds. The second-order valence-electron chi connectivity index (χ2n) is 5.96. The standard InChI is InChI=1S/C16H20N2O6S/c19-15(17-13-4-5-13)11-24-16(20)12-2-1-3-14(10-12)25(21,22)18-6-8-23-9-7-18/h1-3,10,13H,4-9,11H2,(H,17,19). The van der Waals surface area contributed by atoms with Crippen molar-refractivity contribution in [2.24, 2.45) is 0 Å². The number of morpholine rings is 1. The van der Waals surface area contributed by atoms with Gasteiger partial charge in [-0.3, -0.25) is 4.79 Å². The Kier molecular flexibility index (Phi) is 5.36. The average Bonchev–Trinajstić information content (AvgIpc) is 3.44.